The number of aliphatic carboxylic acids is 1. The van der Waals surface area contributed by atoms with E-state index in [9.17, 15) is 19.2 Å². The zero-order valence-corrected chi connectivity index (χ0v) is 24.7. The second-order valence-electron chi connectivity index (χ2n) is 10.6. The smallest absolute Gasteiger partial charge is 0.319 e. The van der Waals surface area contributed by atoms with Crippen molar-refractivity contribution in [1.82, 2.24) is 10.6 Å². The molecule has 11 heteroatoms. The number of nitrogens with zero attached hydrogens (tertiary/aromatic N) is 1. The summed E-state index contributed by atoms with van der Waals surface area (Å²) >= 11 is 6.03. The number of rotatable bonds is 12. The van der Waals surface area contributed by atoms with Crippen molar-refractivity contribution in [2.24, 2.45) is 0 Å². The first-order valence-corrected chi connectivity index (χ1v) is 14.4. The number of nitrogens with one attached hydrogen (secondary N) is 3. The second-order valence-corrected chi connectivity index (χ2v) is 11.0. The lowest BCUT2D eigenvalue weighted by Crippen LogP contribution is -2.44. The maximum atomic E-state index is 12.6. The molecule has 3 aromatic carbocycles. The molecule has 1 fully saturated rings. The Morgan fingerprint density at radius 2 is 1.67 bits per heavy atom. The van der Waals surface area contributed by atoms with E-state index in [-0.39, 0.29) is 36.8 Å². The summed E-state index contributed by atoms with van der Waals surface area (Å²) in [4.78, 5) is 49.9. The molecule has 0 aliphatic heterocycles. The molecule has 1 aliphatic carbocycles. The fraction of sp³-hybridized carbons (Fsp3) is 0.312. The van der Waals surface area contributed by atoms with E-state index < -0.39 is 12.0 Å². The number of hydrogen-bond donors (Lipinski definition) is 4. The van der Waals surface area contributed by atoms with Crippen molar-refractivity contribution in [3.8, 4) is 5.75 Å². The van der Waals surface area contributed by atoms with Gasteiger partial charge in [0.05, 0.1) is 13.0 Å². The number of amides is 4. The zero-order valence-electron chi connectivity index (χ0n) is 23.9. The number of anilines is 2. The van der Waals surface area contributed by atoms with Gasteiger partial charge in [0, 0.05) is 35.4 Å². The van der Waals surface area contributed by atoms with E-state index in [1.165, 1.54) is 4.90 Å². The highest BCUT2D eigenvalue weighted by Gasteiger charge is 2.36. The van der Waals surface area contributed by atoms with Crippen LogP contribution < -0.4 is 25.6 Å². The van der Waals surface area contributed by atoms with Gasteiger partial charge in [-0.3, -0.25) is 14.4 Å². The van der Waals surface area contributed by atoms with Gasteiger partial charge in [-0.25, -0.2) is 4.79 Å². The van der Waals surface area contributed by atoms with E-state index in [2.05, 4.69) is 16.0 Å². The molecule has 1 aliphatic rings. The lowest BCUT2D eigenvalue weighted by molar-refractivity contribution is -0.136. The van der Waals surface area contributed by atoms with Gasteiger partial charge in [0.1, 0.15) is 5.75 Å². The molecule has 0 unspecified atom stereocenters. The second kappa shape index (κ2) is 14.6. The third-order valence-corrected chi connectivity index (χ3v) is 7.77. The lowest BCUT2D eigenvalue weighted by atomic mass is 9.78. The van der Waals surface area contributed by atoms with E-state index in [4.69, 9.17) is 21.4 Å². The number of carbonyl (C=O) groups excluding carboxylic acids is 3. The zero-order chi connectivity index (χ0) is 30.8. The number of carboxylic acid groups (broad SMARTS) is 1. The Balaban J connectivity index is 1.26. The minimum Gasteiger partial charge on any atom is -0.484 e. The van der Waals surface area contributed by atoms with Crippen LogP contribution in [0, 0.1) is 0 Å². The summed E-state index contributed by atoms with van der Waals surface area (Å²) < 4.78 is 5.74. The van der Waals surface area contributed by atoms with Gasteiger partial charge in [-0.15, -0.1) is 0 Å². The average molecular weight is 607 g/mol. The topological polar surface area (TPSA) is 137 Å². The van der Waals surface area contributed by atoms with E-state index in [1.807, 2.05) is 24.3 Å². The van der Waals surface area contributed by atoms with Crippen LogP contribution in [0.25, 0.3) is 0 Å². The molecule has 0 radical (unpaired) electrons. The van der Waals surface area contributed by atoms with Crippen LogP contribution in [0.3, 0.4) is 0 Å². The Hall–Kier alpha value is -4.57. The Labute approximate surface area is 255 Å². The van der Waals surface area contributed by atoms with Crippen LogP contribution >= 0.6 is 11.6 Å². The molecule has 0 bridgehead atoms. The highest BCUT2D eigenvalue weighted by atomic mass is 35.5. The van der Waals surface area contributed by atoms with Gasteiger partial charge in [-0.2, -0.15) is 0 Å². The van der Waals surface area contributed by atoms with Crippen LogP contribution in [-0.4, -0.2) is 55.7 Å². The van der Waals surface area contributed by atoms with Crippen molar-refractivity contribution in [3.05, 3.63) is 88.9 Å². The molecule has 43 heavy (non-hydrogen) atoms. The van der Waals surface area contributed by atoms with Gasteiger partial charge in [0.15, 0.2) is 6.61 Å². The summed E-state index contributed by atoms with van der Waals surface area (Å²) in [7, 11) is 1.67. The van der Waals surface area contributed by atoms with Crippen LogP contribution in [-0.2, 0) is 26.2 Å². The predicted molar refractivity (Wildman–Crippen MR) is 165 cm³/mol. The van der Waals surface area contributed by atoms with Gasteiger partial charge in [0.2, 0.25) is 5.91 Å². The molecule has 0 spiro atoms. The Morgan fingerprint density at radius 3 is 2.37 bits per heavy atom. The first kappa shape index (κ1) is 31.4. The fourth-order valence-corrected chi connectivity index (χ4v) is 5.38. The molecule has 4 amide bonds. The number of halogens is 1. The van der Waals surface area contributed by atoms with Crippen molar-refractivity contribution >= 4 is 46.8 Å². The molecular weight excluding hydrogens is 572 g/mol. The highest BCUT2D eigenvalue weighted by molar-refractivity contribution is 6.30. The standard InChI is InChI=1S/C32H35ClN4O6/c1-37(26-9-5-7-24(33)18-26)29(39)20-43-27-12-10-23(11-13-27)32(14-2-3-15-32)21-35-28(38)19-34-31(42)36-25-8-4-6-22(16-25)17-30(40)41/h4-13,16,18H,2-3,14-15,17,19-21H2,1H3,(H,35,38)(H,40,41)(H2,34,36,42). The van der Waals surface area contributed by atoms with Crippen molar-refractivity contribution in [3.63, 3.8) is 0 Å². The van der Waals surface area contributed by atoms with Crippen molar-refractivity contribution in [1.29, 1.82) is 0 Å². The van der Waals surface area contributed by atoms with Gasteiger partial charge in [0.25, 0.3) is 5.91 Å². The van der Waals surface area contributed by atoms with Crippen LogP contribution in [0.1, 0.15) is 36.8 Å². The third-order valence-electron chi connectivity index (χ3n) is 7.53. The van der Waals surface area contributed by atoms with Crippen molar-refractivity contribution in [2.75, 3.05) is 37.0 Å². The van der Waals surface area contributed by atoms with Crippen LogP contribution in [0.15, 0.2) is 72.8 Å². The molecule has 1 saturated carbocycles. The van der Waals surface area contributed by atoms with Gasteiger partial charge in [-0.1, -0.05) is 54.8 Å². The van der Waals surface area contributed by atoms with Gasteiger partial charge in [-0.05, 0) is 66.4 Å². The highest BCUT2D eigenvalue weighted by Crippen LogP contribution is 2.41. The normalized spacial score (nSPS) is 13.5. The number of carboxylic acids is 1. The van der Waals surface area contributed by atoms with Gasteiger partial charge < -0.3 is 30.7 Å². The van der Waals surface area contributed by atoms with E-state index in [1.54, 1.807) is 55.6 Å². The van der Waals surface area contributed by atoms with Crippen LogP contribution in [0.4, 0.5) is 16.2 Å². The first-order chi connectivity index (χ1) is 20.6. The Kier molecular flexibility index (Phi) is 10.6. The molecule has 3 aromatic rings. The molecule has 0 heterocycles. The molecule has 4 N–H and O–H groups in total. The minimum absolute atomic E-state index is 0.127. The number of urea groups is 1. The number of ether oxygens (including phenoxy) is 1. The van der Waals surface area contributed by atoms with Crippen LogP contribution in [0.5, 0.6) is 5.75 Å². The van der Waals surface area contributed by atoms with E-state index in [0.717, 1.165) is 31.2 Å². The maximum Gasteiger partial charge on any atom is 0.319 e. The van der Waals surface area contributed by atoms with Crippen molar-refractivity contribution < 1.29 is 29.0 Å². The number of benzene rings is 3. The molecule has 4 rings (SSSR count). The fourth-order valence-electron chi connectivity index (χ4n) is 5.19. The third kappa shape index (κ3) is 8.96. The molecule has 0 aromatic heterocycles. The molecule has 0 saturated heterocycles. The first-order valence-electron chi connectivity index (χ1n) is 14.0. The number of carbonyl (C=O) groups is 4. The molecule has 226 valence electrons. The Morgan fingerprint density at radius 1 is 0.953 bits per heavy atom. The van der Waals surface area contributed by atoms with E-state index >= 15 is 0 Å². The maximum absolute atomic E-state index is 12.6. The summed E-state index contributed by atoms with van der Waals surface area (Å²) in [5.74, 6) is -0.927. The summed E-state index contributed by atoms with van der Waals surface area (Å²) in [6.45, 7) is 0.0918. The van der Waals surface area contributed by atoms with Crippen LogP contribution in [0.2, 0.25) is 5.02 Å². The summed E-state index contributed by atoms with van der Waals surface area (Å²) in [5, 5.41) is 17.6. The Bertz CT molecular complexity index is 1460. The monoisotopic (exact) mass is 606 g/mol. The average Bonchev–Trinajstić information content (AvgIpc) is 3.48. The quantitative estimate of drug-likeness (QED) is 0.235. The summed E-state index contributed by atoms with van der Waals surface area (Å²) in [6.07, 6.45) is 3.76. The number of likely N-dealkylation sites (N-methyl/N-ethyl adjacent to an activating group) is 1. The SMILES string of the molecule is CN(C(=O)COc1ccc(C2(CNC(=O)CNC(=O)Nc3cccc(CC(=O)O)c3)CCCC2)cc1)c1cccc(Cl)c1. The summed E-state index contributed by atoms with van der Waals surface area (Å²) in [6, 6.07) is 20.6. The largest absolute Gasteiger partial charge is 0.484 e. The molecule has 10 nitrogen and oxygen atoms in total. The van der Waals surface area contributed by atoms with E-state index in [0.29, 0.717) is 34.3 Å². The number of hydrogen-bond acceptors (Lipinski definition) is 5. The molecule has 0 atom stereocenters. The molecular formula is C32H35ClN4O6. The van der Waals surface area contributed by atoms with Crippen molar-refractivity contribution in [2.45, 2.75) is 37.5 Å². The predicted octanol–water partition coefficient (Wildman–Crippen LogP) is 4.76. The van der Waals surface area contributed by atoms with Gasteiger partial charge >= 0.3 is 12.0 Å². The minimum atomic E-state index is -0.965. The lowest BCUT2D eigenvalue weighted by Gasteiger charge is -2.30. The summed E-state index contributed by atoms with van der Waals surface area (Å²) in [5.41, 5.74) is 2.52.